The van der Waals surface area contributed by atoms with E-state index >= 15 is 0 Å². The fourth-order valence-corrected chi connectivity index (χ4v) is 2.33. The summed E-state index contributed by atoms with van der Waals surface area (Å²) < 4.78 is 36.9. The first kappa shape index (κ1) is 13.1. The van der Waals surface area contributed by atoms with E-state index in [0.717, 1.165) is 32.2 Å². The Balaban J connectivity index is 1.84. The van der Waals surface area contributed by atoms with Gasteiger partial charge >= 0.3 is 6.18 Å². The summed E-state index contributed by atoms with van der Waals surface area (Å²) in [5, 5.41) is 12.4. The molecular formula is C11H19F3N2O. The first-order valence-electron chi connectivity index (χ1n) is 6.19. The van der Waals surface area contributed by atoms with Crippen LogP contribution in [0.25, 0.3) is 0 Å². The summed E-state index contributed by atoms with van der Waals surface area (Å²) >= 11 is 0. The van der Waals surface area contributed by atoms with Crippen molar-refractivity contribution in [2.45, 2.75) is 50.0 Å². The molecule has 17 heavy (non-hydrogen) atoms. The van der Waals surface area contributed by atoms with Gasteiger partial charge in [-0.3, -0.25) is 4.90 Å². The zero-order valence-electron chi connectivity index (χ0n) is 9.71. The normalized spacial score (nSPS) is 27.7. The van der Waals surface area contributed by atoms with E-state index in [1.54, 1.807) is 4.90 Å². The lowest BCUT2D eigenvalue weighted by Gasteiger charge is -2.28. The predicted octanol–water partition coefficient (Wildman–Crippen LogP) is 1.13. The Morgan fingerprint density at radius 1 is 1.29 bits per heavy atom. The van der Waals surface area contributed by atoms with Crippen LogP contribution in [0.1, 0.15) is 25.7 Å². The fourth-order valence-electron chi connectivity index (χ4n) is 2.33. The summed E-state index contributed by atoms with van der Waals surface area (Å²) in [5.41, 5.74) is 0. The van der Waals surface area contributed by atoms with E-state index < -0.39 is 12.3 Å². The van der Waals surface area contributed by atoms with Gasteiger partial charge in [-0.05, 0) is 32.2 Å². The summed E-state index contributed by atoms with van der Waals surface area (Å²) in [4.78, 5) is 1.79. The van der Waals surface area contributed by atoms with Gasteiger partial charge in [-0.25, -0.2) is 0 Å². The zero-order chi connectivity index (χ0) is 12.5. The molecule has 0 radical (unpaired) electrons. The Morgan fingerprint density at radius 2 is 2.00 bits per heavy atom. The predicted molar refractivity (Wildman–Crippen MR) is 57.7 cm³/mol. The number of rotatable bonds is 5. The Labute approximate surface area is 99.0 Å². The lowest BCUT2D eigenvalue weighted by atomic mass is 10.2. The van der Waals surface area contributed by atoms with Crippen molar-refractivity contribution < 1.29 is 18.3 Å². The molecule has 1 aliphatic heterocycles. The molecule has 0 bridgehead atoms. The maximum atomic E-state index is 12.3. The SMILES string of the molecule is OC(CN(CC1CCCN1)C1CC1)C(F)(F)F. The third-order valence-corrected chi connectivity index (χ3v) is 3.47. The summed E-state index contributed by atoms with van der Waals surface area (Å²) in [6.07, 6.45) is -2.70. The van der Waals surface area contributed by atoms with Crippen LogP contribution in [0.4, 0.5) is 13.2 Å². The largest absolute Gasteiger partial charge is 0.415 e. The molecule has 0 spiro atoms. The van der Waals surface area contributed by atoms with E-state index in [0.29, 0.717) is 6.54 Å². The lowest BCUT2D eigenvalue weighted by Crippen LogP contribution is -2.46. The van der Waals surface area contributed by atoms with Crippen LogP contribution in [0.2, 0.25) is 0 Å². The fraction of sp³-hybridized carbons (Fsp3) is 1.00. The second kappa shape index (κ2) is 5.12. The molecule has 1 heterocycles. The average molecular weight is 252 g/mol. The molecule has 1 saturated heterocycles. The number of aliphatic hydroxyl groups is 1. The molecule has 6 heteroatoms. The minimum Gasteiger partial charge on any atom is -0.382 e. The monoisotopic (exact) mass is 252 g/mol. The molecular weight excluding hydrogens is 233 g/mol. The van der Waals surface area contributed by atoms with Gasteiger partial charge in [0, 0.05) is 25.2 Å². The number of nitrogens with one attached hydrogen (secondary N) is 1. The molecule has 1 saturated carbocycles. The van der Waals surface area contributed by atoms with E-state index in [9.17, 15) is 13.2 Å². The molecule has 0 aromatic rings. The van der Waals surface area contributed by atoms with Crippen LogP contribution in [0, 0.1) is 0 Å². The molecule has 0 aromatic carbocycles. The van der Waals surface area contributed by atoms with Gasteiger partial charge in [0.05, 0.1) is 0 Å². The van der Waals surface area contributed by atoms with Crippen molar-refractivity contribution in [1.82, 2.24) is 10.2 Å². The quantitative estimate of drug-likeness (QED) is 0.770. The lowest BCUT2D eigenvalue weighted by molar-refractivity contribution is -0.208. The van der Waals surface area contributed by atoms with E-state index in [2.05, 4.69) is 5.32 Å². The molecule has 0 amide bonds. The summed E-state index contributed by atoms with van der Waals surface area (Å²) in [7, 11) is 0. The molecule has 0 aromatic heterocycles. The first-order chi connectivity index (χ1) is 7.97. The summed E-state index contributed by atoms with van der Waals surface area (Å²) in [6.45, 7) is 1.29. The van der Waals surface area contributed by atoms with Crippen LogP contribution < -0.4 is 5.32 Å². The number of nitrogens with zero attached hydrogens (tertiary/aromatic N) is 1. The third-order valence-electron chi connectivity index (χ3n) is 3.47. The third kappa shape index (κ3) is 3.82. The molecule has 2 fully saturated rings. The highest BCUT2D eigenvalue weighted by molar-refractivity contribution is 4.90. The minimum atomic E-state index is -4.50. The minimum absolute atomic E-state index is 0.245. The van der Waals surface area contributed by atoms with Gasteiger partial charge in [0.25, 0.3) is 0 Å². The number of alkyl halides is 3. The van der Waals surface area contributed by atoms with E-state index in [-0.39, 0.29) is 18.6 Å². The van der Waals surface area contributed by atoms with Crippen molar-refractivity contribution in [2.75, 3.05) is 19.6 Å². The second-order valence-electron chi connectivity index (χ2n) is 5.04. The van der Waals surface area contributed by atoms with Gasteiger partial charge in [0.15, 0.2) is 6.10 Å². The zero-order valence-corrected chi connectivity index (χ0v) is 9.71. The standard InChI is InChI=1S/C11H19F3N2O/c12-11(13,14)10(17)7-16(9-3-4-9)6-8-2-1-5-15-8/h8-10,15,17H,1-7H2. The van der Waals surface area contributed by atoms with Crippen LogP contribution >= 0.6 is 0 Å². The van der Waals surface area contributed by atoms with Gasteiger partial charge in [-0.1, -0.05) is 0 Å². The van der Waals surface area contributed by atoms with Gasteiger partial charge in [0.1, 0.15) is 0 Å². The highest BCUT2D eigenvalue weighted by atomic mass is 19.4. The van der Waals surface area contributed by atoms with Gasteiger partial charge in [-0.15, -0.1) is 0 Å². The average Bonchev–Trinajstić information content (AvgIpc) is 2.95. The van der Waals surface area contributed by atoms with Crippen molar-refractivity contribution in [3.8, 4) is 0 Å². The molecule has 2 rings (SSSR count). The maximum absolute atomic E-state index is 12.3. The molecule has 1 aliphatic carbocycles. The van der Waals surface area contributed by atoms with Crippen molar-refractivity contribution in [3.05, 3.63) is 0 Å². The molecule has 2 aliphatic rings. The smallest absolute Gasteiger partial charge is 0.382 e. The summed E-state index contributed by atoms with van der Waals surface area (Å²) in [6, 6.07) is 0.533. The van der Waals surface area contributed by atoms with Crippen molar-refractivity contribution in [1.29, 1.82) is 0 Å². The Bertz CT molecular complexity index is 250. The van der Waals surface area contributed by atoms with E-state index in [1.807, 2.05) is 0 Å². The van der Waals surface area contributed by atoms with Crippen LogP contribution in [0.3, 0.4) is 0 Å². The second-order valence-corrected chi connectivity index (χ2v) is 5.04. The molecule has 2 atom stereocenters. The van der Waals surface area contributed by atoms with Crippen LogP contribution in [0.15, 0.2) is 0 Å². The summed E-state index contributed by atoms with van der Waals surface area (Å²) in [5.74, 6) is 0. The first-order valence-corrected chi connectivity index (χ1v) is 6.19. The number of halogens is 3. The van der Waals surface area contributed by atoms with Crippen molar-refractivity contribution >= 4 is 0 Å². The highest BCUT2D eigenvalue weighted by Crippen LogP contribution is 2.30. The van der Waals surface area contributed by atoms with Crippen molar-refractivity contribution in [3.63, 3.8) is 0 Å². The highest BCUT2D eigenvalue weighted by Gasteiger charge is 2.42. The van der Waals surface area contributed by atoms with Crippen molar-refractivity contribution in [2.24, 2.45) is 0 Å². The molecule has 3 nitrogen and oxygen atoms in total. The Hall–Kier alpha value is -0.330. The van der Waals surface area contributed by atoms with Gasteiger partial charge < -0.3 is 10.4 Å². The maximum Gasteiger partial charge on any atom is 0.415 e. The van der Waals surface area contributed by atoms with Gasteiger partial charge in [-0.2, -0.15) is 13.2 Å². The van der Waals surface area contributed by atoms with Gasteiger partial charge in [0.2, 0.25) is 0 Å². The Kier molecular flexibility index (Phi) is 3.95. The molecule has 2 unspecified atom stereocenters. The number of aliphatic hydroxyl groups excluding tert-OH is 1. The topological polar surface area (TPSA) is 35.5 Å². The number of hydrogen-bond donors (Lipinski definition) is 2. The number of hydrogen-bond acceptors (Lipinski definition) is 3. The van der Waals surface area contributed by atoms with E-state index in [1.165, 1.54) is 0 Å². The van der Waals surface area contributed by atoms with Crippen LogP contribution in [-0.2, 0) is 0 Å². The molecule has 100 valence electrons. The van der Waals surface area contributed by atoms with E-state index in [4.69, 9.17) is 5.11 Å². The Morgan fingerprint density at radius 3 is 2.47 bits per heavy atom. The molecule has 2 N–H and O–H groups in total. The van der Waals surface area contributed by atoms with Crippen LogP contribution in [-0.4, -0.2) is 54.0 Å². The van der Waals surface area contributed by atoms with Crippen LogP contribution in [0.5, 0.6) is 0 Å².